The third-order valence-electron chi connectivity index (χ3n) is 2.61. The molecule has 1 aliphatic rings. The summed E-state index contributed by atoms with van der Waals surface area (Å²) in [6.45, 7) is -0.248. The van der Waals surface area contributed by atoms with Gasteiger partial charge < -0.3 is 15.3 Å². The molecule has 0 aromatic rings. The second-order valence-corrected chi connectivity index (χ2v) is 3.83. The van der Waals surface area contributed by atoms with Crippen LogP contribution in [0.25, 0.3) is 0 Å². The fraction of sp³-hybridized carbons (Fsp3) is 1.00. The quantitative estimate of drug-likeness (QED) is 0.581. The van der Waals surface area contributed by atoms with E-state index >= 15 is 0 Å². The van der Waals surface area contributed by atoms with Crippen LogP contribution in [0.2, 0.25) is 0 Å². The summed E-state index contributed by atoms with van der Waals surface area (Å²) in [5.41, 5.74) is -0.708. The highest BCUT2D eigenvalue weighted by molar-refractivity contribution is 4.84. The molecule has 0 aromatic carbocycles. The molecule has 72 valence electrons. The monoisotopic (exact) mass is 174 g/mol. The molecule has 0 radical (unpaired) electrons. The maximum atomic E-state index is 9.90. The van der Waals surface area contributed by atoms with E-state index in [1.165, 1.54) is 6.42 Å². The molecule has 0 spiro atoms. The molecule has 12 heavy (non-hydrogen) atoms. The van der Waals surface area contributed by atoms with Gasteiger partial charge in [0, 0.05) is 6.42 Å². The van der Waals surface area contributed by atoms with Crippen molar-refractivity contribution < 1.29 is 15.3 Å². The first kappa shape index (κ1) is 9.96. The second-order valence-electron chi connectivity index (χ2n) is 3.83. The highest BCUT2D eigenvalue weighted by Gasteiger charge is 2.31. The van der Waals surface area contributed by atoms with Crippen molar-refractivity contribution in [2.24, 2.45) is 0 Å². The maximum absolute atomic E-state index is 9.90. The number of hydrogen-bond donors (Lipinski definition) is 3. The molecular weight excluding hydrogens is 156 g/mol. The van der Waals surface area contributed by atoms with Gasteiger partial charge in [-0.05, 0) is 12.8 Å². The van der Waals surface area contributed by atoms with Crippen LogP contribution in [0.5, 0.6) is 0 Å². The van der Waals surface area contributed by atoms with E-state index in [1.807, 2.05) is 0 Å². The fourth-order valence-corrected chi connectivity index (χ4v) is 1.92. The number of aliphatic hydroxyl groups excluding tert-OH is 2. The predicted octanol–water partition coefficient (Wildman–Crippen LogP) is 0.425. The van der Waals surface area contributed by atoms with Gasteiger partial charge in [0.25, 0.3) is 0 Å². The Balaban J connectivity index is 2.35. The van der Waals surface area contributed by atoms with Crippen LogP contribution in [0.15, 0.2) is 0 Å². The second kappa shape index (κ2) is 4.21. The molecule has 0 amide bonds. The van der Waals surface area contributed by atoms with Gasteiger partial charge in [-0.15, -0.1) is 0 Å². The first-order valence-electron chi connectivity index (χ1n) is 4.68. The summed E-state index contributed by atoms with van der Waals surface area (Å²) in [6, 6.07) is 0. The van der Waals surface area contributed by atoms with E-state index in [0.29, 0.717) is 6.42 Å². The van der Waals surface area contributed by atoms with Crippen LogP contribution in [-0.4, -0.2) is 33.6 Å². The number of hydrogen-bond acceptors (Lipinski definition) is 3. The Morgan fingerprint density at radius 1 is 1.17 bits per heavy atom. The molecule has 0 bridgehead atoms. The van der Waals surface area contributed by atoms with Gasteiger partial charge in [0.05, 0.1) is 18.3 Å². The first-order valence-corrected chi connectivity index (χ1v) is 4.68. The maximum Gasteiger partial charge on any atom is 0.0798 e. The molecule has 3 heteroatoms. The summed E-state index contributed by atoms with van der Waals surface area (Å²) in [5.74, 6) is 0. The van der Waals surface area contributed by atoms with E-state index in [9.17, 15) is 5.11 Å². The Morgan fingerprint density at radius 3 is 2.25 bits per heavy atom. The van der Waals surface area contributed by atoms with Gasteiger partial charge in [0.1, 0.15) is 0 Å². The first-order chi connectivity index (χ1) is 5.66. The van der Waals surface area contributed by atoms with E-state index < -0.39 is 11.7 Å². The molecule has 1 rings (SSSR count). The largest absolute Gasteiger partial charge is 0.394 e. The highest BCUT2D eigenvalue weighted by atomic mass is 16.3. The molecule has 0 aromatic heterocycles. The van der Waals surface area contributed by atoms with E-state index in [1.54, 1.807) is 0 Å². The van der Waals surface area contributed by atoms with Crippen molar-refractivity contribution in [1.82, 2.24) is 0 Å². The molecule has 0 heterocycles. The zero-order valence-electron chi connectivity index (χ0n) is 7.37. The summed E-state index contributed by atoms with van der Waals surface area (Å²) >= 11 is 0. The van der Waals surface area contributed by atoms with Crippen LogP contribution in [0.4, 0.5) is 0 Å². The van der Waals surface area contributed by atoms with E-state index in [4.69, 9.17) is 10.2 Å². The standard InChI is InChI=1S/C9H18O3/c10-7-8(11)6-9(12)4-2-1-3-5-9/h8,10-12H,1-7H2. The highest BCUT2D eigenvalue weighted by Crippen LogP contribution is 2.31. The van der Waals surface area contributed by atoms with Gasteiger partial charge in [-0.25, -0.2) is 0 Å². The summed E-state index contributed by atoms with van der Waals surface area (Å²) in [7, 11) is 0. The fourth-order valence-electron chi connectivity index (χ4n) is 1.92. The number of aliphatic hydroxyl groups is 3. The average Bonchev–Trinajstić information content (AvgIpc) is 2.05. The minimum atomic E-state index is -0.756. The van der Waals surface area contributed by atoms with Crippen LogP contribution in [0, 0.1) is 0 Å². The molecule has 0 saturated heterocycles. The lowest BCUT2D eigenvalue weighted by Gasteiger charge is -2.33. The van der Waals surface area contributed by atoms with E-state index in [2.05, 4.69) is 0 Å². The summed E-state index contributed by atoms with van der Waals surface area (Å²) in [5, 5.41) is 27.7. The van der Waals surface area contributed by atoms with Crippen LogP contribution in [0.3, 0.4) is 0 Å². The van der Waals surface area contributed by atoms with Crippen molar-refractivity contribution in [3.63, 3.8) is 0 Å². The Morgan fingerprint density at radius 2 is 1.75 bits per heavy atom. The minimum Gasteiger partial charge on any atom is -0.394 e. The molecule has 0 aliphatic heterocycles. The molecular formula is C9H18O3. The summed E-state index contributed by atoms with van der Waals surface area (Å²) < 4.78 is 0. The van der Waals surface area contributed by atoms with Crippen molar-refractivity contribution in [3.05, 3.63) is 0 Å². The van der Waals surface area contributed by atoms with Crippen molar-refractivity contribution in [1.29, 1.82) is 0 Å². The van der Waals surface area contributed by atoms with Crippen LogP contribution in [0.1, 0.15) is 38.5 Å². The van der Waals surface area contributed by atoms with Crippen molar-refractivity contribution in [3.8, 4) is 0 Å². The van der Waals surface area contributed by atoms with Crippen molar-refractivity contribution in [2.45, 2.75) is 50.2 Å². The lowest BCUT2D eigenvalue weighted by molar-refractivity contribution is -0.0487. The van der Waals surface area contributed by atoms with Gasteiger partial charge >= 0.3 is 0 Å². The van der Waals surface area contributed by atoms with Gasteiger partial charge in [-0.3, -0.25) is 0 Å². The van der Waals surface area contributed by atoms with Gasteiger partial charge in [-0.1, -0.05) is 19.3 Å². The SMILES string of the molecule is OCC(O)CC1(O)CCCCC1. The Labute approximate surface area is 73.0 Å². The smallest absolute Gasteiger partial charge is 0.0798 e. The normalized spacial score (nSPS) is 25.2. The zero-order chi connectivity index (χ0) is 9.03. The van der Waals surface area contributed by atoms with Crippen LogP contribution >= 0.6 is 0 Å². The van der Waals surface area contributed by atoms with Gasteiger partial charge in [-0.2, -0.15) is 0 Å². The van der Waals surface area contributed by atoms with Crippen LogP contribution < -0.4 is 0 Å². The third kappa shape index (κ3) is 2.73. The molecule has 1 saturated carbocycles. The molecule has 3 N–H and O–H groups in total. The van der Waals surface area contributed by atoms with E-state index in [0.717, 1.165) is 25.7 Å². The Hall–Kier alpha value is -0.120. The summed E-state index contributed by atoms with van der Waals surface area (Å²) in [6.07, 6.45) is 4.35. The number of rotatable bonds is 3. The van der Waals surface area contributed by atoms with Crippen molar-refractivity contribution >= 4 is 0 Å². The Kier molecular flexibility index (Phi) is 3.50. The van der Waals surface area contributed by atoms with Gasteiger partial charge in [0.2, 0.25) is 0 Å². The Bertz CT molecular complexity index is 130. The average molecular weight is 174 g/mol. The molecule has 1 unspecified atom stereocenters. The minimum absolute atomic E-state index is 0.248. The van der Waals surface area contributed by atoms with Crippen molar-refractivity contribution in [2.75, 3.05) is 6.61 Å². The third-order valence-corrected chi connectivity index (χ3v) is 2.61. The van der Waals surface area contributed by atoms with Crippen LogP contribution in [-0.2, 0) is 0 Å². The zero-order valence-corrected chi connectivity index (χ0v) is 7.37. The molecule has 1 fully saturated rings. The van der Waals surface area contributed by atoms with E-state index in [-0.39, 0.29) is 6.61 Å². The molecule has 1 aliphatic carbocycles. The topological polar surface area (TPSA) is 60.7 Å². The van der Waals surface area contributed by atoms with Gasteiger partial charge in [0.15, 0.2) is 0 Å². The molecule has 3 nitrogen and oxygen atoms in total. The molecule has 1 atom stereocenters. The lowest BCUT2D eigenvalue weighted by atomic mass is 9.81. The lowest BCUT2D eigenvalue weighted by Crippen LogP contribution is -2.36. The predicted molar refractivity (Wildman–Crippen MR) is 45.7 cm³/mol. The summed E-state index contributed by atoms with van der Waals surface area (Å²) in [4.78, 5) is 0.